The lowest BCUT2D eigenvalue weighted by Crippen LogP contribution is -2.15. The summed E-state index contributed by atoms with van der Waals surface area (Å²) in [4.78, 5) is 26.0. The monoisotopic (exact) mass is 287 g/mol. The van der Waals surface area contributed by atoms with Gasteiger partial charge in [-0.15, -0.1) is 4.91 Å². The molecule has 2 heterocycles. The number of amides is 1. The Morgan fingerprint density at radius 1 is 1.38 bits per heavy atom. The second-order valence-corrected chi connectivity index (χ2v) is 5.42. The van der Waals surface area contributed by atoms with E-state index in [4.69, 9.17) is 4.74 Å². The SMILES string of the molecule is O=NC(=O)c1cnc2c(OCC3CCCCC3)cccn12. The number of pyridine rings is 1. The van der Waals surface area contributed by atoms with E-state index < -0.39 is 5.91 Å². The molecule has 3 rings (SSSR count). The van der Waals surface area contributed by atoms with Crippen LogP contribution in [0, 0.1) is 10.8 Å². The highest BCUT2D eigenvalue weighted by Gasteiger charge is 2.17. The standard InChI is InChI=1S/C15H17N3O3/c19-15(17-20)12-9-16-14-13(7-4-8-18(12)14)21-10-11-5-2-1-3-6-11/h4,7-9,11H,1-3,5-6,10H2. The van der Waals surface area contributed by atoms with Crippen molar-refractivity contribution < 1.29 is 9.53 Å². The number of imidazole rings is 1. The van der Waals surface area contributed by atoms with Gasteiger partial charge < -0.3 is 4.74 Å². The number of carbonyl (C=O) groups excluding carboxylic acids is 1. The van der Waals surface area contributed by atoms with E-state index >= 15 is 0 Å². The molecule has 6 heteroatoms. The second kappa shape index (κ2) is 6.03. The molecule has 6 nitrogen and oxygen atoms in total. The van der Waals surface area contributed by atoms with Gasteiger partial charge in [-0.25, -0.2) is 4.98 Å². The summed E-state index contributed by atoms with van der Waals surface area (Å²) in [6.07, 6.45) is 9.29. The van der Waals surface area contributed by atoms with Crippen LogP contribution in [0.25, 0.3) is 5.65 Å². The van der Waals surface area contributed by atoms with Crippen LogP contribution in [0.3, 0.4) is 0 Å². The van der Waals surface area contributed by atoms with Crippen molar-refractivity contribution in [2.24, 2.45) is 11.1 Å². The number of ether oxygens (including phenoxy) is 1. The van der Waals surface area contributed by atoms with E-state index in [2.05, 4.69) is 10.2 Å². The summed E-state index contributed by atoms with van der Waals surface area (Å²) in [5, 5.41) is 2.44. The molecule has 2 aromatic heterocycles. The average molecular weight is 287 g/mol. The minimum Gasteiger partial charge on any atom is -0.489 e. The summed E-state index contributed by atoms with van der Waals surface area (Å²) in [7, 11) is 0. The molecule has 0 spiro atoms. The minimum atomic E-state index is -0.827. The summed E-state index contributed by atoms with van der Waals surface area (Å²) < 4.78 is 7.42. The first-order valence-electron chi connectivity index (χ1n) is 7.26. The molecule has 0 atom stereocenters. The van der Waals surface area contributed by atoms with E-state index in [0.29, 0.717) is 23.9 Å². The van der Waals surface area contributed by atoms with Crippen molar-refractivity contribution in [3.8, 4) is 5.75 Å². The largest absolute Gasteiger partial charge is 0.489 e. The first kappa shape index (κ1) is 13.7. The lowest BCUT2D eigenvalue weighted by molar-refractivity contribution is 0.0995. The molecular weight excluding hydrogens is 270 g/mol. The van der Waals surface area contributed by atoms with Crippen molar-refractivity contribution in [2.45, 2.75) is 32.1 Å². The Morgan fingerprint density at radius 2 is 2.19 bits per heavy atom. The molecule has 110 valence electrons. The molecule has 1 saturated carbocycles. The van der Waals surface area contributed by atoms with E-state index in [1.54, 1.807) is 16.7 Å². The molecule has 21 heavy (non-hydrogen) atoms. The second-order valence-electron chi connectivity index (χ2n) is 5.42. The Labute approximate surface area is 122 Å². The topological polar surface area (TPSA) is 73.0 Å². The number of nitroso groups, excluding NO2 is 1. The molecule has 1 aliphatic rings. The Bertz CT molecular complexity index is 659. The number of hydrogen-bond donors (Lipinski definition) is 0. The van der Waals surface area contributed by atoms with Crippen molar-refractivity contribution in [3.05, 3.63) is 35.1 Å². The van der Waals surface area contributed by atoms with Crippen LogP contribution in [-0.4, -0.2) is 21.9 Å². The normalized spacial score (nSPS) is 16.0. The predicted octanol–water partition coefficient (Wildman–Crippen LogP) is 3.20. The van der Waals surface area contributed by atoms with Crippen LogP contribution in [0.4, 0.5) is 0 Å². The van der Waals surface area contributed by atoms with E-state index in [0.717, 1.165) is 0 Å². The summed E-state index contributed by atoms with van der Waals surface area (Å²) in [6.45, 7) is 0.668. The zero-order valence-electron chi connectivity index (χ0n) is 11.7. The minimum absolute atomic E-state index is 0.156. The van der Waals surface area contributed by atoms with Gasteiger partial charge in [-0.3, -0.25) is 9.20 Å². The Morgan fingerprint density at radius 3 is 2.95 bits per heavy atom. The molecule has 0 saturated heterocycles. The van der Waals surface area contributed by atoms with Gasteiger partial charge in [0.05, 0.1) is 12.8 Å². The molecule has 1 amide bonds. The van der Waals surface area contributed by atoms with Crippen LogP contribution >= 0.6 is 0 Å². The zero-order valence-corrected chi connectivity index (χ0v) is 11.7. The molecular formula is C15H17N3O3. The average Bonchev–Trinajstić information content (AvgIpc) is 2.97. The van der Waals surface area contributed by atoms with Gasteiger partial charge in [-0.1, -0.05) is 19.3 Å². The molecule has 1 aliphatic carbocycles. The number of nitrogens with zero attached hydrogens (tertiary/aromatic N) is 3. The Hall–Kier alpha value is -2.24. The summed E-state index contributed by atoms with van der Waals surface area (Å²) in [5.74, 6) is 0.395. The molecule has 1 fully saturated rings. The third kappa shape index (κ3) is 2.79. The van der Waals surface area contributed by atoms with Crippen molar-refractivity contribution >= 4 is 11.6 Å². The number of carbonyl (C=O) groups is 1. The molecule has 0 N–H and O–H groups in total. The van der Waals surface area contributed by atoms with Gasteiger partial charge in [0.2, 0.25) is 0 Å². The molecule has 0 radical (unpaired) electrons. The van der Waals surface area contributed by atoms with Crippen LogP contribution in [0.5, 0.6) is 5.75 Å². The van der Waals surface area contributed by atoms with Crippen LogP contribution in [0.1, 0.15) is 42.6 Å². The third-order valence-corrected chi connectivity index (χ3v) is 4.00. The van der Waals surface area contributed by atoms with E-state index in [1.165, 1.54) is 38.3 Å². The molecule has 0 aromatic carbocycles. The van der Waals surface area contributed by atoms with Gasteiger partial charge in [0.15, 0.2) is 11.4 Å². The summed E-state index contributed by atoms with van der Waals surface area (Å²) >= 11 is 0. The van der Waals surface area contributed by atoms with Gasteiger partial charge in [0, 0.05) is 11.4 Å². The van der Waals surface area contributed by atoms with Crippen LogP contribution < -0.4 is 4.74 Å². The fourth-order valence-corrected chi connectivity index (χ4v) is 2.86. The highest BCUT2D eigenvalue weighted by atomic mass is 16.5. The molecule has 0 bridgehead atoms. The first-order valence-corrected chi connectivity index (χ1v) is 7.26. The Balaban J connectivity index is 1.80. The quantitative estimate of drug-likeness (QED) is 0.809. The lowest BCUT2D eigenvalue weighted by Gasteiger charge is -2.21. The van der Waals surface area contributed by atoms with Gasteiger partial charge in [0.1, 0.15) is 5.69 Å². The van der Waals surface area contributed by atoms with Crippen LogP contribution in [0.15, 0.2) is 29.7 Å². The maximum Gasteiger partial charge on any atom is 0.335 e. The van der Waals surface area contributed by atoms with Gasteiger partial charge in [0.25, 0.3) is 0 Å². The van der Waals surface area contributed by atoms with Crippen molar-refractivity contribution in [1.82, 2.24) is 9.38 Å². The number of fused-ring (bicyclic) bond motifs is 1. The predicted molar refractivity (Wildman–Crippen MR) is 77.4 cm³/mol. The Kier molecular flexibility index (Phi) is 3.94. The van der Waals surface area contributed by atoms with Crippen molar-refractivity contribution in [3.63, 3.8) is 0 Å². The summed E-state index contributed by atoms with van der Waals surface area (Å²) in [5.41, 5.74) is 0.698. The maximum absolute atomic E-state index is 11.4. The lowest BCUT2D eigenvalue weighted by atomic mass is 9.90. The van der Waals surface area contributed by atoms with Gasteiger partial charge in [-0.05, 0) is 30.9 Å². The highest BCUT2D eigenvalue weighted by molar-refractivity contribution is 5.94. The van der Waals surface area contributed by atoms with Gasteiger partial charge in [-0.2, -0.15) is 0 Å². The molecule has 0 unspecified atom stereocenters. The zero-order chi connectivity index (χ0) is 14.7. The highest BCUT2D eigenvalue weighted by Crippen LogP contribution is 2.26. The van der Waals surface area contributed by atoms with Crippen LogP contribution in [0.2, 0.25) is 0 Å². The van der Waals surface area contributed by atoms with E-state index in [9.17, 15) is 9.70 Å². The fourth-order valence-electron chi connectivity index (χ4n) is 2.86. The number of hydrogen-bond acceptors (Lipinski definition) is 4. The first-order chi connectivity index (χ1) is 10.3. The third-order valence-electron chi connectivity index (χ3n) is 4.00. The van der Waals surface area contributed by atoms with Crippen molar-refractivity contribution in [1.29, 1.82) is 0 Å². The molecule has 0 aliphatic heterocycles. The number of aromatic nitrogens is 2. The van der Waals surface area contributed by atoms with Crippen LogP contribution in [-0.2, 0) is 0 Å². The smallest absolute Gasteiger partial charge is 0.335 e. The van der Waals surface area contributed by atoms with E-state index in [-0.39, 0.29) is 5.69 Å². The maximum atomic E-state index is 11.4. The fraction of sp³-hybridized carbons (Fsp3) is 0.467. The number of rotatable bonds is 4. The van der Waals surface area contributed by atoms with Crippen molar-refractivity contribution in [2.75, 3.05) is 6.61 Å². The molecule has 2 aromatic rings. The van der Waals surface area contributed by atoms with E-state index in [1.807, 2.05) is 6.07 Å². The summed E-state index contributed by atoms with van der Waals surface area (Å²) in [6, 6.07) is 3.60. The van der Waals surface area contributed by atoms with Gasteiger partial charge >= 0.3 is 5.91 Å².